The number of oxime groups is 1. The van der Waals surface area contributed by atoms with Crippen molar-refractivity contribution in [3.05, 3.63) is 53.2 Å². The predicted molar refractivity (Wildman–Crippen MR) is 74.4 cm³/mol. The van der Waals surface area contributed by atoms with E-state index in [-0.39, 0.29) is 6.42 Å². The van der Waals surface area contributed by atoms with Crippen molar-refractivity contribution in [2.45, 2.75) is 27.2 Å². The van der Waals surface area contributed by atoms with Crippen LogP contribution in [-0.2, 0) is 16.1 Å². The van der Waals surface area contributed by atoms with Crippen molar-refractivity contribution in [2.75, 3.05) is 0 Å². The van der Waals surface area contributed by atoms with Crippen LogP contribution in [0, 0.1) is 13.8 Å². The molecule has 2 aromatic rings. The van der Waals surface area contributed by atoms with Crippen molar-refractivity contribution in [3.8, 4) is 0 Å². The lowest BCUT2D eigenvalue weighted by molar-refractivity contribution is -0.142. The molecule has 0 atom stereocenters. The molecule has 20 heavy (non-hydrogen) atoms. The lowest BCUT2D eigenvalue weighted by atomic mass is 10.2. The highest BCUT2D eigenvalue weighted by Crippen LogP contribution is 2.11. The van der Waals surface area contributed by atoms with Crippen molar-refractivity contribution < 1.29 is 14.0 Å². The van der Waals surface area contributed by atoms with Crippen LogP contribution in [0.25, 0.3) is 0 Å². The molecule has 1 aromatic heterocycles. The highest BCUT2D eigenvalue weighted by Gasteiger charge is 2.11. The number of aryl methyl sites for hydroxylation is 2. The van der Waals surface area contributed by atoms with Crippen LogP contribution >= 0.6 is 0 Å². The van der Waals surface area contributed by atoms with Crippen molar-refractivity contribution in [3.63, 3.8) is 0 Å². The number of rotatable bonds is 4. The zero-order valence-corrected chi connectivity index (χ0v) is 11.7. The second-order valence-electron chi connectivity index (χ2n) is 4.45. The van der Waals surface area contributed by atoms with E-state index in [1.807, 2.05) is 37.3 Å². The van der Waals surface area contributed by atoms with E-state index in [2.05, 4.69) is 10.1 Å². The van der Waals surface area contributed by atoms with Gasteiger partial charge in [-0.25, -0.2) is 9.78 Å². The van der Waals surface area contributed by atoms with Gasteiger partial charge in [0, 0.05) is 6.92 Å². The molecule has 1 heterocycles. The highest BCUT2D eigenvalue weighted by molar-refractivity contribution is 5.97. The van der Waals surface area contributed by atoms with Crippen LogP contribution in [-0.4, -0.2) is 16.7 Å². The minimum atomic E-state index is -0.413. The van der Waals surface area contributed by atoms with Crippen LogP contribution in [0.2, 0.25) is 0 Å². The average Bonchev–Trinajstić information content (AvgIpc) is 2.76. The van der Waals surface area contributed by atoms with E-state index in [0.717, 1.165) is 11.3 Å². The fraction of sp³-hybridized carbons (Fsp3) is 0.267. The topological polar surface area (TPSA) is 64.7 Å². The molecule has 0 radical (unpaired) electrons. The van der Waals surface area contributed by atoms with Gasteiger partial charge in [0.25, 0.3) is 0 Å². The lowest BCUT2D eigenvalue weighted by Crippen LogP contribution is -2.06. The zero-order chi connectivity index (χ0) is 14.5. The van der Waals surface area contributed by atoms with Crippen LogP contribution in [0.3, 0.4) is 0 Å². The Balaban J connectivity index is 1.98. The van der Waals surface area contributed by atoms with Gasteiger partial charge < -0.3 is 9.25 Å². The fourth-order valence-corrected chi connectivity index (χ4v) is 1.82. The minimum Gasteiger partial charge on any atom is -0.439 e. The number of oxazole rings is 1. The number of carbonyl (C=O) groups excluding carboxylic acids is 1. The van der Waals surface area contributed by atoms with Gasteiger partial charge in [0.1, 0.15) is 5.71 Å². The van der Waals surface area contributed by atoms with Gasteiger partial charge in [0.05, 0.1) is 12.1 Å². The fourth-order valence-electron chi connectivity index (χ4n) is 1.82. The summed E-state index contributed by atoms with van der Waals surface area (Å²) in [6, 6.07) is 9.37. The quantitative estimate of drug-likeness (QED) is 0.487. The monoisotopic (exact) mass is 272 g/mol. The maximum absolute atomic E-state index is 11.7. The normalized spacial score (nSPS) is 11.4. The predicted octanol–water partition coefficient (Wildman–Crippen LogP) is 2.80. The summed E-state index contributed by atoms with van der Waals surface area (Å²) in [5.74, 6) is 0.683. The summed E-state index contributed by atoms with van der Waals surface area (Å²) in [6.45, 7) is 5.28. The Bertz CT molecular complexity index is 630. The lowest BCUT2D eigenvalue weighted by Gasteiger charge is -2.00. The molecule has 0 bridgehead atoms. The molecule has 5 nitrogen and oxygen atoms in total. The number of hydrogen-bond acceptors (Lipinski definition) is 5. The van der Waals surface area contributed by atoms with Gasteiger partial charge in [-0.15, -0.1) is 0 Å². The Morgan fingerprint density at radius 2 is 2.00 bits per heavy atom. The van der Waals surface area contributed by atoms with Crippen LogP contribution in [0.4, 0.5) is 0 Å². The summed E-state index contributed by atoms with van der Waals surface area (Å²) in [7, 11) is 0. The SMILES string of the molecule is C/C(=N/OC(=O)Cc1ccccc1)c1oc(C)nc1C. The second kappa shape index (κ2) is 6.14. The van der Waals surface area contributed by atoms with Crippen LogP contribution < -0.4 is 0 Å². The second-order valence-corrected chi connectivity index (χ2v) is 4.45. The molecular weight excluding hydrogens is 256 g/mol. The Kier molecular flexibility index (Phi) is 4.30. The molecule has 0 saturated heterocycles. The third kappa shape index (κ3) is 3.54. The maximum Gasteiger partial charge on any atom is 0.339 e. The first-order chi connectivity index (χ1) is 9.56. The van der Waals surface area contributed by atoms with E-state index in [1.165, 1.54) is 0 Å². The molecule has 5 heteroatoms. The zero-order valence-electron chi connectivity index (χ0n) is 11.7. The first kappa shape index (κ1) is 14.0. The smallest absolute Gasteiger partial charge is 0.339 e. The summed E-state index contributed by atoms with van der Waals surface area (Å²) in [5, 5.41) is 3.80. The molecular formula is C15H16N2O3. The summed E-state index contributed by atoms with van der Waals surface area (Å²) >= 11 is 0. The third-order valence-corrected chi connectivity index (χ3v) is 2.71. The van der Waals surface area contributed by atoms with Crippen molar-refractivity contribution in [1.29, 1.82) is 0 Å². The van der Waals surface area contributed by atoms with E-state index in [9.17, 15) is 4.79 Å². The summed E-state index contributed by atoms with van der Waals surface area (Å²) in [5.41, 5.74) is 2.10. The molecule has 0 unspecified atom stereocenters. The van der Waals surface area contributed by atoms with Crippen LogP contribution in [0.5, 0.6) is 0 Å². The Morgan fingerprint density at radius 1 is 1.30 bits per heavy atom. The van der Waals surface area contributed by atoms with E-state index in [0.29, 0.717) is 17.4 Å². The molecule has 2 rings (SSSR count). The molecule has 0 saturated carbocycles. The summed E-state index contributed by atoms with van der Waals surface area (Å²) in [4.78, 5) is 20.7. The van der Waals surface area contributed by atoms with E-state index >= 15 is 0 Å². The van der Waals surface area contributed by atoms with Crippen molar-refractivity contribution in [1.82, 2.24) is 4.98 Å². The summed E-state index contributed by atoms with van der Waals surface area (Å²) < 4.78 is 5.39. The first-order valence-corrected chi connectivity index (χ1v) is 6.29. The molecule has 0 aliphatic heterocycles. The molecule has 0 aliphatic carbocycles. The Labute approximate surface area is 117 Å². The number of aromatic nitrogens is 1. The first-order valence-electron chi connectivity index (χ1n) is 6.29. The van der Waals surface area contributed by atoms with Gasteiger partial charge in [0.15, 0.2) is 11.7 Å². The van der Waals surface area contributed by atoms with Gasteiger partial charge in [0.2, 0.25) is 0 Å². The van der Waals surface area contributed by atoms with Gasteiger partial charge in [-0.05, 0) is 19.4 Å². The number of hydrogen-bond donors (Lipinski definition) is 0. The van der Waals surface area contributed by atoms with Gasteiger partial charge in [-0.3, -0.25) is 0 Å². The standard InChI is InChI=1S/C15H16N2O3/c1-10-15(19-12(3)16-10)11(2)17-20-14(18)9-13-7-5-4-6-8-13/h4-8H,9H2,1-3H3/b17-11-. The molecule has 0 fully saturated rings. The van der Waals surface area contributed by atoms with Crippen molar-refractivity contribution in [2.24, 2.45) is 5.16 Å². The maximum atomic E-state index is 11.7. The highest BCUT2D eigenvalue weighted by atomic mass is 16.7. The van der Waals surface area contributed by atoms with Gasteiger partial charge in [-0.1, -0.05) is 35.5 Å². The van der Waals surface area contributed by atoms with Gasteiger partial charge in [-0.2, -0.15) is 0 Å². The van der Waals surface area contributed by atoms with Crippen LogP contribution in [0.15, 0.2) is 39.9 Å². The largest absolute Gasteiger partial charge is 0.439 e. The van der Waals surface area contributed by atoms with E-state index < -0.39 is 5.97 Å². The molecule has 0 N–H and O–H groups in total. The minimum absolute atomic E-state index is 0.187. The van der Waals surface area contributed by atoms with E-state index in [4.69, 9.17) is 9.25 Å². The van der Waals surface area contributed by atoms with Crippen molar-refractivity contribution >= 4 is 11.7 Å². The Morgan fingerprint density at radius 3 is 2.60 bits per heavy atom. The molecule has 0 amide bonds. The molecule has 0 spiro atoms. The molecule has 104 valence electrons. The van der Waals surface area contributed by atoms with E-state index in [1.54, 1.807) is 13.8 Å². The molecule has 1 aromatic carbocycles. The third-order valence-electron chi connectivity index (χ3n) is 2.71. The average molecular weight is 272 g/mol. The van der Waals surface area contributed by atoms with Gasteiger partial charge >= 0.3 is 5.97 Å². The Hall–Kier alpha value is -2.43. The molecule has 0 aliphatic rings. The number of carbonyl (C=O) groups is 1. The number of benzene rings is 1. The number of nitrogens with zero attached hydrogens (tertiary/aromatic N) is 2. The van der Waals surface area contributed by atoms with Crippen LogP contribution in [0.1, 0.15) is 29.8 Å². The summed E-state index contributed by atoms with van der Waals surface area (Å²) in [6.07, 6.45) is 0.187.